The zero-order chi connectivity index (χ0) is 15.7. The molecular weight excluding hydrogens is 304 g/mol. The van der Waals surface area contributed by atoms with Crippen molar-refractivity contribution in [2.45, 2.75) is 26.4 Å². The molecule has 1 aromatic heterocycles. The van der Waals surface area contributed by atoms with Crippen molar-refractivity contribution in [3.05, 3.63) is 28.8 Å². The number of aryl methyl sites for hydroxylation is 1. The first kappa shape index (κ1) is 14.5. The molecule has 114 valence electrons. The fraction of sp³-hybridized carbons (Fsp3) is 0.286. The first-order chi connectivity index (χ1) is 10.6. The molecule has 7 nitrogen and oxygen atoms in total. The summed E-state index contributed by atoms with van der Waals surface area (Å²) in [6.45, 7) is 3.59. The summed E-state index contributed by atoms with van der Waals surface area (Å²) in [4.78, 5) is 24.4. The number of hydrogen-bond donors (Lipinski definition) is 2. The van der Waals surface area contributed by atoms with Crippen molar-refractivity contribution in [3.8, 4) is 5.75 Å². The van der Waals surface area contributed by atoms with Gasteiger partial charge in [0.1, 0.15) is 10.6 Å². The topological polar surface area (TPSA) is 93.2 Å². The van der Waals surface area contributed by atoms with Crippen molar-refractivity contribution in [1.82, 2.24) is 9.59 Å². The average Bonchev–Trinajstić information content (AvgIpc) is 2.97. The number of benzene rings is 1. The van der Waals surface area contributed by atoms with Crippen LogP contribution in [0.3, 0.4) is 0 Å². The molecule has 1 aromatic carbocycles. The zero-order valence-electron chi connectivity index (χ0n) is 12.0. The Morgan fingerprint density at radius 1 is 1.50 bits per heavy atom. The molecule has 0 fully saturated rings. The summed E-state index contributed by atoms with van der Waals surface area (Å²) in [6.07, 6.45) is 0.119. The standard InChI is InChI=1S/C14H14N4O3S/c1-3-9-12(22-18-17-9)14(20)15-8-4-5-11-10(6-8)16-13(19)7(2)21-11/h4-7H,3H2,1-2H3,(H,15,20)(H,16,19)/t7-/m1/s1. The minimum absolute atomic E-state index is 0.212. The number of amides is 2. The van der Waals surface area contributed by atoms with Gasteiger partial charge in [0.25, 0.3) is 11.8 Å². The Kier molecular flexibility index (Phi) is 3.76. The van der Waals surface area contributed by atoms with Crippen molar-refractivity contribution in [1.29, 1.82) is 0 Å². The fourth-order valence-corrected chi connectivity index (χ4v) is 2.73. The van der Waals surface area contributed by atoms with E-state index < -0.39 is 6.10 Å². The van der Waals surface area contributed by atoms with E-state index in [1.54, 1.807) is 25.1 Å². The lowest BCUT2D eigenvalue weighted by atomic mass is 10.2. The molecule has 0 saturated heterocycles. The van der Waals surface area contributed by atoms with Crippen LogP contribution in [-0.4, -0.2) is 27.5 Å². The Morgan fingerprint density at radius 3 is 3.09 bits per heavy atom. The number of carbonyl (C=O) groups is 2. The van der Waals surface area contributed by atoms with Gasteiger partial charge < -0.3 is 15.4 Å². The molecule has 1 aliphatic heterocycles. The number of aromatic nitrogens is 2. The largest absolute Gasteiger partial charge is 0.479 e. The summed E-state index contributed by atoms with van der Waals surface area (Å²) < 4.78 is 9.27. The van der Waals surface area contributed by atoms with E-state index >= 15 is 0 Å². The number of nitrogens with one attached hydrogen (secondary N) is 2. The second kappa shape index (κ2) is 5.72. The predicted octanol–water partition coefficient (Wildman–Crippen LogP) is 2.07. The number of carbonyl (C=O) groups excluding carboxylic acids is 2. The van der Waals surface area contributed by atoms with Crippen LogP contribution in [-0.2, 0) is 11.2 Å². The second-order valence-corrected chi connectivity index (χ2v) is 5.57. The molecule has 0 spiro atoms. The van der Waals surface area contributed by atoms with Gasteiger partial charge in [-0.05, 0) is 43.1 Å². The third-order valence-corrected chi connectivity index (χ3v) is 4.03. The van der Waals surface area contributed by atoms with Crippen LogP contribution in [0.2, 0.25) is 0 Å². The molecule has 2 aromatic rings. The highest BCUT2D eigenvalue weighted by molar-refractivity contribution is 7.08. The summed E-state index contributed by atoms with van der Waals surface area (Å²) in [5.41, 5.74) is 1.78. The molecule has 2 amide bonds. The molecular formula is C14H14N4O3S. The van der Waals surface area contributed by atoms with E-state index in [4.69, 9.17) is 4.74 Å². The lowest BCUT2D eigenvalue weighted by Crippen LogP contribution is -2.34. The smallest absolute Gasteiger partial charge is 0.269 e. The number of nitrogens with zero attached hydrogens (tertiary/aromatic N) is 2. The minimum atomic E-state index is -0.525. The van der Waals surface area contributed by atoms with Crippen LogP contribution < -0.4 is 15.4 Å². The monoisotopic (exact) mass is 318 g/mol. The van der Waals surface area contributed by atoms with E-state index in [-0.39, 0.29) is 11.8 Å². The van der Waals surface area contributed by atoms with Crippen LogP contribution in [0.15, 0.2) is 18.2 Å². The van der Waals surface area contributed by atoms with Crippen molar-refractivity contribution >= 4 is 34.7 Å². The van der Waals surface area contributed by atoms with E-state index in [1.165, 1.54) is 0 Å². The molecule has 1 aliphatic rings. The Bertz CT molecular complexity index is 743. The van der Waals surface area contributed by atoms with Crippen LogP contribution in [0.25, 0.3) is 0 Å². The highest BCUT2D eigenvalue weighted by Gasteiger charge is 2.24. The quantitative estimate of drug-likeness (QED) is 0.903. The first-order valence-corrected chi connectivity index (χ1v) is 7.60. The van der Waals surface area contributed by atoms with E-state index in [0.29, 0.717) is 34.1 Å². The van der Waals surface area contributed by atoms with Crippen LogP contribution >= 0.6 is 11.5 Å². The van der Waals surface area contributed by atoms with Crippen molar-refractivity contribution in [2.75, 3.05) is 10.6 Å². The summed E-state index contributed by atoms with van der Waals surface area (Å²) in [5.74, 6) is 0.109. The van der Waals surface area contributed by atoms with E-state index in [0.717, 1.165) is 11.5 Å². The van der Waals surface area contributed by atoms with Gasteiger partial charge in [-0.3, -0.25) is 9.59 Å². The number of fused-ring (bicyclic) bond motifs is 1. The van der Waals surface area contributed by atoms with E-state index in [1.807, 2.05) is 6.92 Å². The Hall–Kier alpha value is -2.48. The lowest BCUT2D eigenvalue weighted by Gasteiger charge is -2.23. The summed E-state index contributed by atoms with van der Waals surface area (Å²) in [7, 11) is 0. The highest BCUT2D eigenvalue weighted by atomic mass is 32.1. The molecule has 0 aliphatic carbocycles. The van der Waals surface area contributed by atoms with Crippen molar-refractivity contribution in [3.63, 3.8) is 0 Å². The number of rotatable bonds is 3. The second-order valence-electron chi connectivity index (χ2n) is 4.82. The third kappa shape index (κ3) is 2.64. The maximum absolute atomic E-state index is 12.2. The molecule has 8 heteroatoms. The molecule has 2 heterocycles. The number of hydrogen-bond acceptors (Lipinski definition) is 6. The Balaban J connectivity index is 1.81. The van der Waals surface area contributed by atoms with Crippen LogP contribution in [0.1, 0.15) is 29.2 Å². The SMILES string of the molecule is CCc1nnsc1C(=O)Nc1ccc2c(c1)NC(=O)[C@@H](C)O2. The summed E-state index contributed by atoms with van der Waals surface area (Å²) in [5, 5.41) is 9.44. The maximum atomic E-state index is 12.2. The molecule has 2 N–H and O–H groups in total. The highest BCUT2D eigenvalue weighted by Crippen LogP contribution is 2.32. The van der Waals surface area contributed by atoms with E-state index in [9.17, 15) is 9.59 Å². The van der Waals surface area contributed by atoms with Crippen LogP contribution in [0, 0.1) is 0 Å². The normalized spacial score (nSPS) is 16.5. The van der Waals surface area contributed by atoms with E-state index in [2.05, 4.69) is 20.2 Å². The molecule has 0 bridgehead atoms. The van der Waals surface area contributed by atoms with Gasteiger partial charge in [0, 0.05) is 5.69 Å². The van der Waals surface area contributed by atoms with Gasteiger partial charge in [0.05, 0.1) is 11.4 Å². The summed E-state index contributed by atoms with van der Waals surface area (Å²) in [6, 6.07) is 5.10. The van der Waals surface area contributed by atoms with Gasteiger partial charge >= 0.3 is 0 Å². The average molecular weight is 318 g/mol. The summed E-state index contributed by atoms with van der Waals surface area (Å²) >= 11 is 1.06. The molecule has 3 rings (SSSR count). The van der Waals surface area contributed by atoms with Crippen molar-refractivity contribution < 1.29 is 14.3 Å². The molecule has 0 radical (unpaired) electrons. The van der Waals surface area contributed by atoms with Gasteiger partial charge in [-0.15, -0.1) is 5.10 Å². The minimum Gasteiger partial charge on any atom is -0.479 e. The van der Waals surface area contributed by atoms with Gasteiger partial charge in [0.2, 0.25) is 0 Å². The van der Waals surface area contributed by atoms with Gasteiger partial charge in [-0.2, -0.15) is 0 Å². The first-order valence-electron chi connectivity index (χ1n) is 6.82. The van der Waals surface area contributed by atoms with Gasteiger partial charge in [-0.25, -0.2) is 0 Å². The lowest BCUT2D eigenvalue weighted by molar-refractivity contribution is -0.122. The van der Waals surface area contributed by atoms with Crippen LogP contribution in [0.4, 0.5) is 11.4 Å². The van der Waals surface area contributed by atoms with Gasteiger partial charge in [0.15, 0.2) is 6.10 Å². The molecule has 1 atom stereocenters. The molecule has 22 heavy (non-hydrogen) atoms. The Morgan fingerprint density at radius 2 is 2.32 bits per heavy atom. The van der Waals surface area contributed by atoms with Gasteiger partial charge in [-0.1, -0.05) is 11.4 Å². The number of anilines is 2. The predicted molar refractivity (Wildman–Crippen MR) is 82.4 cm³/mol. The fourth-order valence-electron chi connectivity index (χ4n) is 2.09. The molecule has 0 saturated carbocycles. The zero-order valence-corrected chi connectivity index (χ0v) is 12.9. The van der Waals surface area contributed by atoms with Crippen molar-refractivity contribution in [2.24, 2.45) is 0 Å². The Labute approximate surface area is 130 Å². The molecule has 0 unspecified atom stereocenters. The third-order valence-electron chi connectivity index (χ3n) is 3.27. The number of ether oxygens (including phenoxy) is 1. The maximum Gasteiger partial charge on any atom is 0.269 e. The van der Waals surface area contributed by atoms with Crippen LogP contribution in [0.5, 0.6) is 5.75 Å².